The molecule has 1 aromatic heterocycles. The first kappa shape index (κ1) is 21.3. The van der Waals surface area contributed by atoms with Crippen LogP contribution in [0.15, 0.2) is 51.4 Å². The molecule has 0 atom stereocenters. The molecule has 1 aliphatic rings. The summed E-state index contributed by atoms with van der Waals surface area (Å²) in [6, 6.07) is 11.3. The first-order valence-corrected chi connectivity index (χ1v) is 10.2. The van der Waals surface area contributed by atoms with E-state index in [0.29, 0.717) is 23.8 Å². The Bertz CT molecular complexity index is 1260. The lowest BCUT2D eigenvalue weighted by molar-refractivity contribution is 0.174. The summed E-state index contributed by atoms with van der Waals surface area (Å²) in [5.74, 6) is 1.89. The van der Waals surface area contributed by atoms with Crippen molar-refractivity contribution in [3.8, 4) is 17.2 Å². The monoisotopic (exact) mass is 436 g/mol. The molecule has 32 heavy (non-hydrogen) atoms. The second-order valence-electron chi connectivity index (χ2n) is 7.26. The molecule has 0 amide bonds. The molecule has 10 nitrogen and oxygen atoms in total. The van der Waals surface area contributed by atoms with Gasteiger partial charge in [-0.25, -0.2) is 4.79 Å². The van der Waals surface area contributed by atoms with Gasteiger partial charge in [0.15, 0.2) is 11.5 Å². The van der Waals surface area contributed by atoms with E-state index in [1.807, 2.05) is 57.2 Å². The van der Waals surface area contributed by atoms with Crippen LogP contribution in [0.3, 0.4) is 0 Å². The molecule has 166 valence electrons. The molecule has 0 aliphatic carbocycles. The molecule has 0 radical (unpaired) electrons. The van der Waals surface area contributed by atoms with Crippen LogP contribution in [0.25, 0.3) is 5.69 Å². The summed E-state index contributed by atoms with van der Waals surface area (Å²) in [7, 11) is 1.56. The van der Waals surface area contributed by atoms with Gasteiger partial charge in [-0.2, -0.15) is 14.5 Å². The minimum atomic E-state index is -0.329. The lowest BCUT2D eigenvalue weighted by atomic mass is 10.1. The third-order valence-corrected chi connectivity index (χ3v) is 5.12. The lowest BCUT2D eigenvalue weighted by Gasteiger charge is -2.13. The Balaban J connectivity index is 1.54. The molecule has 0 saturated heterocycles. The van der Waals surface area contributed by atoms with Gasteiger partial charge in [0.2, 0.25) is 12.7 Å². The van der Waals surface area contributed by atoms with Crippen LogP contribution in [0.2, 0.25) is 0 Å². The van der Waals surface area contributed by atoms with Gasteiger partial charge in [-0.15, -0.1) is 5.10 Å². The summed E-state index contributed by atoms with van der Waals surface area (Å²) >= 11 is 0. The van der Waals surface area contributed by atoms with Crippen LogP contribution in [0, 0.1) is 6.92 Å². The summed E-state index contributed by atoms with van der Waals surface area (Å²) in [4.78, 5) is 12.3. The number of fused-ring (bicyclic) bond motifs is 1. The zero-order valence-electron chi connectivity index (χ0n) is 18.4. The Hall–Kier alpha value is -3.95. The fourth-order valence-electron chi connectivity index (χ4n) is 3.21. The van der Waals surface area contributed by atoms with Crippen molar-refractivity contribution in [1.82, 2.24) is 19.8 Å². The van der Waals surface area contributed by atoms with Gasteiger partial charge in [0.25, 0.3) is 0 Å². The molecule has 1 aliphatic heterocycles. The summed E-state index contributed by atoms with van der Waals surface area (Å²) < 4.78 is 19.2. The van der Waals surface area contributed by atoms with Crippen LogP contribution in [0.5, 0.6) is 11.5 Å². The van der Waals surface area contributed by atoms with E-state index in [9.17, 15) is 4.79 Å². The number of rotatable bonds is 6. The maximum absolute atomic E-state index is 12.3. The van der Waals surface area contributed by atoms with E-state index in [-0.39, 0.29) is 19.1 Å². The van der Waals surface area contributed by atoms with E-state index in [2.05, 4.69) is 20.6 Å². The minimum absolute atomic E-state index is 0.219. The van der Waals surface area contributed by atoms with Crippen molar-refractivity contribution >= 4 is 11.6 Å². The van der Waals surface area contributed by atoms with E-state index in [0.717, 1.165) is 28.2 Å². The molecule has 10 heteroatoms. The molecule has 0 spiro atoms. The zero-order valence-corrected chi connectivity index (χ0v) is 18.4. The molecule has 0 bridgehead atoms. The van der Waals surface area contributed by atoms with Crippen molar-refractivity contribution in [3.05, 3.63) is 63.6 Å². The second kappa shape index (κ2) is 9.04. The van der Waals surface area contributed by atoms with Gasteiger partial charge in [0, 0.05) is 24.6 Å². The van der Waals surface area contributed by atoms with Crippen LogP contribution >= 0.6 is 0 Å². The molecule has 4 rings (SSSR count). The van der Waals surface area contributed by atoms with Crippen LogP contribution in [-0.2, 0) is 18.4 Å². The first-order valence-electron chi connectivity index (χ1n) is 10.2. The topological polar surface area (TPSA) is 105 Å². The van der Waals surface area contributed by atoms with Crippen LogP contribution in [-0.4, -0.2) is 38.2 Å². The quantitative estimate of drug-likeness (QED) is 0.334. The van der Waals surface area contributed by atoms with Gasteiger partial charge in [-0.05, 0) is 54.1 Å². The second-order valence-corrected chi connectivity index (χ2v) is 7.26. The molecule has 0 unspecified atom stereocenters. The Kier molecular flexibility index (Phi) is 6.02. The number of aryl methyl sites for hydroxylation is 2. The predicted molar refractivity (Wildman–Crippen MR) is 119 cm³/mol. The number of aromatic nitrogens is 4. The molecule has 0 N–H and O–H groups in total. The zero-order chi connectivity index (χ0) is 22.7. The van der Waals surface area contributed by atoms with E-state index in [1.165, 1.54) is 9.36 Å². The molecular formula is C22H24N6O4. The minimum Gasteiger partial charge on any atom is -0.475 e. The highest BCUT2D eigenvalue weighted by Crippen LogP contribution is 2.32. The van der Waals surface area contributed by atoms with Gasteiger partial charge >= 0.3 is 5.69 Å². The fourth-order valence-corrected chi connectivity index (χ4v) is 3.21. The van der Waals surface area contributed by atoms with Crippen LogP contribution in [0.4, 0.5) is 0 Å². The highest BCUT2D eigenvalue weighted by Gasteiger charge is 2.15. The van der Waals surface area contributed by atoms with Gasteiger partial charge in [-0.3, -0.25) is 0 Å². The maximum Gasteiger partial charge on any atom is 0.368 e. The van der Waals surface area contributed by atoms with Crippen molar-refractivity contribution in [3.63, 3.8) is 0 Å². The molecular weight excluding hydrogens is 412 g/mol. The third-order valence-electron chi connectivity index (χ3n) is 5.12. The number of nitrogens with zero attached hydrogens (tertiary/aromatic N) is 6. The number of hydrogen-bond donors (Lipinski definition) is 0. The lowest BCUT2D eigenvalue weighted by Crippen LogP contribution is -2.23. The highest BCUT2D eigenvalue weighted by molar-refractivity contribution is 5.99. The largest absolute Gasteiger partial charge is 0.475 e. The summed E-state index contributed by atoms with van der Waals surface area (Å²) in [6.45, 7) is 6.21. The smallest absolute Gasteiger partial charge is 0.368 e. The normalized spacial score (nSPS) is 13.5. The van der Waals surface area contributed by atoms with Gasteiger partial charge in [0.05, 0.1) is 11.4 Å². The summed E-state index contributed by atoms with van der Waals surface area (Å²) in [6.07, 6.45) is 0.560. The van der Waals surface area contributed by atoms with Crippen molar-refractivity contribution < 1.29 is 14.2 Å². The molecule has 0 saturated carbocycles. The van der Waals surface area contributed by atoms with E-state index < -0.39 is 0 Å². The summed E-state index contributed by atoms with van der Waals surface area (Å²) in [5.41, 5.74) is 3.70. The first-order chi connectivity index (χ1) is 15.5. The summed E-state index contributed by atoms with van der Waals surface area (Å²) in [5, 5.41) is 16.4. The maximum atomic E-state index is 12.3. The van der Waals surface area contributed by atoms with Crippen LogP contribution in [0.1, 0.15) is 37.0 Å². The third kappa shape index (κ3) is 4.25. The van der Waals surface area contributed by atoms with Crippen molar-refractivity contribution in [2.24, 2.45) is 17.3 Å². The van der Waals surface area contributed by atoms with Crippen LogP contribution < -0.4 is 15.2 Å². The van der Waals surface area contributed by atoms with Gasteiger partial charge in [0.1, 0.15) is 6.61 Å². The average Bonchev–Trinajstić information content (AvgIpc) is 3.40. The number of tetrazole rings is 1. The number of ether oxygens (including phenoxy) is 3. The molecule has 2 aromatic carbocycles. The standard InChI is InChI=1S/C22H24N6O4/c1-5-21(24-23-15(3)16-9-10-19-20(11-16)32-13-31-19)30-12-17-14(2)7-6-8-18(17)28-22(29)27(4)25-26-28/h6-11H,5,12-13H2,1-4H3. The predicted octanol–water partition coefficient (Wildman–Crippen LogP) is 2.75. The van der Waals surface area contributed by atoms with Gasteiger partial charge in [-0.1, -0.05) is 19.1 Å². The SMILES string of the molecule is CCC(=NN=C(C)c1ccc2c(c1)OCO2)OCc1c(C)cccc1-n1nnn(C)c1=O. The Morgan fingerprint density at radius 2 is 1.97 bits per heavy atom. The van der Waals surface area contributed by atoms with Crippen molar-refractivity contribution in [2.75, 3.05) is 6.79 Å². The van der Waals surface area contributed by atoms with E-state index >= 15 is 0 Å². The average molecular weight is 436 g/mol. The van der Waals surface area contributed by atoms with Crippen molar-refractivity contribution in [1.29, 1.82) is 0 Å². The molecule has 2 heterocycles. The molecule has 3 aromatic rings. The fraction of sp³-hybridized carbons (Fsp3) is 0.318. The molecule has 0 fully saturated rings. The number of hydrogen-bond acceptors (Lipinski definition) is 8. The van der Waals surface area contributed by atoms with Crippen molar-refractivity contribution in [2.45, 2.75) is 33.8 Å². The highest BCUT2D eigenvalue weighted by atomic mass is 16.7. The van der Waals surface area contributed by atoms with E-state index in [1.54, 1.807) is 7.05 Å². The van der Waals surface area contributed by atoms with Gasteiger partial charge < -0.3 is 14.2 Å². The Morgan fingerprint density at radius 3 is 2.72 bits per heavy atom. The Morgan fingerprint density at radius 1 is 1.16 bits per heavy atom. The Labute approximate surface area is 184 Å². The number of benzene rings is 2. The van der Waals surface area contributed by atoms with E-state index in [4.69, 9.17) is 14.2 Å².